The van der Waals surface area contributed by atoms with E-state index in [0.717, 1.165) is 12.4 Å². The summed E-state index contributed by atoms with van der Waals surface area (Å²) in [5, 5.41) is 0. The highest BCUT2D eigenvalue weighted by atomic mass is 79.9. The molecule has 0 aromatic heterocycles. The molecule has 1 aromatic rings. The van der Waals surface area contributed by atoms with E-state index in [-0.39, 0.29) is 17.0 Å². The molecule has 0 saturated carbocycles. The summed E-state index contributed by atoms with van der Waals surface area (Å²) in [7, 11) is 1.71. The molecule has 0 bridgehead atoms. The standard InChI is InChI=1S/C24H40N2O.BrH/c1-3-4-5-6-7-8-9-10-11-12-13-14-19-25-20-21-26(22-25)23-15-17-24(27-2)18-16-23;/h15-18,20-21H,3-14,19,22H2,1-2H3;1H. The van der Waals surface area contributed by atoms with E-state index in [9.17, 15) is 0 Å². The Labute approximate surface area is 183 Å². The Bertz CT molecular complexity index is 518. The number of rotatable bonds is 15. The summed E-state index contributed by atoms with van der Waals surface area (Å²) in [6.07, 6.45) is 21.3. The third kappa shape index (κ3) is 9.86. The molecule has 0 aliphatic carbocycles. The van der Waals surface area contributed by atoms with Crippen LogP contribution in [0.4, 0.5) is 5.69 Å². The third-order valence-corrected chi connectivity index (χ3v) is 5.49. The second-order valence-electron chi connectivity index (χ2n) is 7.81. The molecular formula is C24H41BrN2O. The van der Waals surface area contributed by atoms with Gasteiger partial charge in [-0.1, -0.05) is 77.6 Å². The van der Waals surface area contributed by atoms with Crippen molar-refractivity contribution in [3.63, 3.8) is 0 Å². The SMILES string of the molecule is Br.CCCCCCCCCCCCCCN1C=CN(c2ccc(OC)cc2)C1. The highest BCUT2D eigenvalue weighted by Gasteiger charge is 2.13. The molecule has 1 aromatic carbocycles. The Morgan fingerprint density at radius 1 is 0.750 bits per heavy atom. The first kappa shape index (κ1) is 24.9. The molecule has 0 saturated heterocycles. The minimum atomic E-state index is 0. The van der Waals surface area contributed by atoms with Crippen molar-refractivity contribution in [2.24, 2.45) is 0 Å². The Morgan fingerprint density at radius 3 is 1.82 bits per heavy atom. The van der Waals surface area contributed by atoms with Crippen molar-refractivity contribution >= 4 is 22.7 Å². The van der Waals surface area contributed by atoms with Crippen molar-refractivity contribution in [3.05, 3.63) is 36.7 Å². The van der Waals surface area contributed by atoms with Crippen molar-refractivity contribution in [3.8, 4) is 5.75 Å². The van der Waals surface area contributed by atoms with E-state index in [1.807, 2.05) is 12.1 Å². The van der Waals surface area contributed by atoms with E-state index in [1.54, 1.807) is 7.11 Å². The fraction of sp³-hybridized carbons (Fsp3) is 0.667. The fourth-order valence-electron chi connectivity index (χ4n) is 3.71. The minimum Gasteiger partial charge on any atom is -0.497 e. The summed E-state index contributed by atoms with van der Waals surface area (Å²) in [6, 6.07) is 8.29. The smallest absolute Gasteiger partial charge is 0.119 e. The van der Waals surface area contributed by atoms with Crippen molar-refractivity contribution in [1.29, 1.82) is 0 Å². The summed E-state index contributed by atoms with van der Waals surface area (Å²) in [5.74, 6) is 0.912. The topological polar surface area (TPSA) is 15.7 Å². The van der Waals surface area contributed by atoms with Gasteiger partial charge in [0, 0.05) is 24.6 Å². The van der Waals surface area contributed by atoms with E-state index < -0.39 is 0 Å². The van der Waals surface area contributed by atoms with Gasteiger partial charge in [-0.3, -0.25) is 0 Å². The van der Waals surface area contributed by atoms with Crippen LogP contribution >= 0.6 is 17.0 Å². The highest BCUT2D eigenvalue weighted by Crippen LogP contribution is 2.22. The molecule has 0 fully saturated rings. The molecule has 160 valence electrons. The van der Waals surface area contributed by atoms with Crippen LogP contribution in [0.2, 0.25) is 0 Å². The number of methoxy groups -OCH3 is 1. The zero-order valence-corrected chi connectivity index (χ0v) is 19.8. The van der Waals surface area contributed by atoms with Crippen LogP contribution in [0, 0.1) is 0 Å². The first-order chi connectivity index (χ1) is 13.3. The number of benzene rings is 1. The minimum absolute atomic E-state index is 0. The Hall–Kier alpha value is -1.16. The largest absolute Gasteiger partial charge is 0.497 e. The van der Waals surface area contributed by atoms with E-state index in [4.69, 9.17) is 4.74 Å². The van der Waals surface area contributed by atoms with E-state index >= 15 is 0 Å². The number of unbranched alkanes of at least 4 members (excludes halogenated alkanes) is 11. The average molecular weight is 454 g/mol. The third-order valence-electron chi connectivity index (χ3n) is 5.49. The normalized spacial score (nSPS) is 13.1. The summed E-state index contributed by atoms with van der Waals surface area (Å²) in [6.45, 7) is 4.42. The molecule has 0 radical (unpaired) electrons. The summed E-state index contributed by atoms with van der Waals surface area (Å²) in [4.78, 5) is 4.71. The molecule has 0 amide bonds. The van der Waals surface area contributed by atoms with Crippen LogP contribution in [-0.4, -0.2) is 25.2 Å². The van der Waals surface area contributed by atoms with Crippen LogP contribution in [0.3, 0.4) is 0 Å². The lowest BCUT2D eigenvalue weighted by Crippen LogP contribution is -2.25. The molecule has 0 spiro atoms. The molecule has 0 N–H and O–H groups in total. The molecular weight excluding hydrogens is 412 g/mol. The van der Waals surface area contributed by atoms with Gasteiger partial charge in [-0.2, -0.15) is 0 Å². The van der Waals surface area contributed by atoms with Crippen molar-refractivity contribution in [2.75, 3.05) is 25.2 Å². The van der Waals surface area contributed by atoms with Gasteiger partial charge in [0.15, 0.2) is 0 Å². The van der Waals surface area contributed by atoms with Crippen LogP contribution in [0.25, 0.3) is 0 Å². The zero-order chi connectivity index (χ0) is 19.2. The monoisotopic (exact) mass is 452 g/mol. The summed E-state index contributed by atoms with van der Waals surface area (Å²) in [5.41, 5.74) is 1.23. The number of halogens is 1. The molecule has 1 heterocycles. The second kappa shape index (κ2) is 15.7. The molecule has 3 nitrogen and oxygen atoms in total. The van der Waals surface area contributed by atoms with E-state index in [0.29, 0.717) is 0 Å². The summed E-state index contributed by atoms with van der Waals surface area (Å²) >= 11 is 0. The zero-order valence-electron chi connectivity index (χ0n) is 18.1. The molecule has 0 unspecified atom stereocenters. The highest BCUT2D eigenvalue weighted by molar-refractivity contribution is 8.93. The molecule has 4 heteroatoms. The fourth-order valence-corrected chi connectivity index (χ4v) is 3.71. The predicted octanol–water partition coefficient (Wildman–Crippen LogP) is 7.52. The molecule has 0 atom stereocenters. The van der Waals surface area contributed by atoms with Gasteiger partial charge in [0.2, 0.25) is 0 Å². The van der Waals surface area contributed by atoms with E-state index in [2.05, 4.69) is 41.3 Å². The average Bonchev–Trinajstić information content (AvgIpc) is 3.18. The van der Waals surface area contributed by atoms with Crippen LogP contribution in [0.1, 0.15) is 84.0 Å². The molecule has 1 aliphatic rings. The first-order valence-corrected chi connectivity index (χ1v) is 11.2. The van der Waals surface area contributed by atoms with Gasteiger partial charge < -0.3 is 14.5 Å². The van der Waals surface area contributed by atoms with E-state index in [1.165, 1.54) is 89.3 Å². The number of hydrogen-bond acceptors (Lipinski definition) is 3. The van der Waals surface area contributed by atoms with Gasteiger partial charge in [0.1, 0.15) is 5.75 Å². The van der Waals surface area contributed by atoms with Crippen molar-refractivity contribution in [1.82, 2.24) is 4.90 Å². The molecule has 28 heavy (non-hydrogen) atoms. The van der Waals surface area contributed by atoms with Gasteiger partial charge in [-0.25, -0.2) is 0 Å². The Balaban J connectivity index is 0.00000392. The maximum absolute atomic E-state index is 5.23. The Kier molecular flexibility index (Phi) is 14.0. The molecule has 1 aliphatic heterocycles. The maximum atomic E-state index is 5.23. The van der Waals surface area contributed by atoms with Gasteiger partial charge in [-0.15, -0.1) is 17.0 Å². The van der Waals surface area contributed by atoms with Crippen molar-refractivity contribution < 1.29 is 4.74 Å². The maximum Gasteiger partial charge on any atom is 0.119 e. The first-order valence-electron chi connectivity index (χ1n) is 11.2. The quantitative estimate of drug-likeness (QED) is 0.255. The summed E-state index contributed by atoms with van der Waals surface area (Å²) < 4.78 is 5.23. The van der Waals surface area contributed by atoms with Gasteiger partial charge in [0.05, 0.1) is 13.8 Å². The second-order valence-corrected chi connectivity index (χ2v) is 7.81. The molecule has 2 rings (SSSR count). The van der Waals surface area contributed by atoms with Crippen LogP contribution < -0.4 is 9.64 Å². The van der Waals surface area contributed by atoms with Gasteiger partial charge >= 0.3 is 0 Å². The van der Waals surface area contributed by atoms with Crippen LogP contribution in [-0.2, 0) is 0 Å². The number of ether oxygens (including phenoxy) is 1. The van der Waals surface area contributed by atoms with Crippen molar-refractivity contribution in [2.45, 2.75) is 84.0 Å². The lowest BCUT2D eigenvalue weighted by Gasteiger charge is -2.21. The number of anilines is 1. The number of hydrogen-bond donors (Lipinski definition) is 0. The van der Waals surface area contributed by atoms with Crippen LogP contribution in [0.5, 0.6) is 5.75 Å². The lowest BCUT2D eigenvalue weighted by atomic mass is 10.1. The van der Waals surface area contributed by atoms with Gasteiger partial charge in [0.25, 0.3) is 0 Å². The van der Waals surface area contributed by atoms with Gasteiger partial charge in [-0.05, 0) is 30.7 Å². The number of nitrogens with zero attached hydrogens (tertiary/aromatic N) is 2. The lowest BCUT2D eigenvalue weighted by molar-refractivity contribution is 0.387. The predicted molar refractivity (Wildman–Crippen MR) is 128 cm³/mol. The Morgan fingerprint density at radius 2 is 1.29 bits per heavy atom. The van der Waals surface area contributed by atoms with Crippen LogP contribution in [0.15, 0.2) is 36.7 Å².